The molecule has 1 unspecified atom stereocenters. The van der Waals surface area contributed by atoms with Gasteiger partial charge in [0.15, 0.2) is 0 Å². The van der Waals surface area contributed by atoms with Crippen LogP contribution in [0.2, 0.25) is 0 Å². The van der Waals surface area contributed by atoms with E-state index in [1.807, 2.05) is 6.20 Å². The lowest BCUT2D eigenvalue weighted by atomic mass is 10.1. The van der Waals surface area contributed by atoms with Crippen LogP contribution in [0.5, 0.6) is 0 Å². The maximum Gasteiger partial charge on any atom is 0.109 e. The minimum Gasteiger partial charge on any atom is -0.308 e. The molecule has 1 aromatic rings. The molecule has 0 aromatic carbocycles. The average molecular weight is 240 g/mol. The van der Waals surface area contributed by atoms with Crippen LogP contribution in [-0.4, -0.2) is 11.5 Å². The van der Waals surface area contributed by atoms with Gasteiger partial charge in [0.1, 0.15) is 5.01 Å². The summed E-state index contributed by atoms with van der Waals surface area (Å²) in [6.45, 7) is 5.56. The van der Waals surface area contributed by atoms with Crippen molar-refractivity contribution >= 4 is 11.3 Å². The third-order valence-electron chi connectivity index (χ3n) is 2.74. The van der Waals surface area contributed by atoms with Crippen LogP contribution < -0.4 is 5.32 Å². The molecular formula is C13H24N2S. The summed E-state index contributed by atoms with van der Waals surface area (Å²) < 4.78 is 0. The van der Waals surface area contributed by atoms with Crippen LogP contribution in [0.4, 0.5) is 0 Å². The van der Waals surface area contributed by atoms with E-state index in [-0.39, 0.29) is 0 Å². The van der Waals surface area contributed by atoms with E-state index in [2.05, 4.69) is 29.5 Å². The first-order valence-corrected chi connectivity index (χ1v) is 7.39. The SMILES string of the molecule is CCCCCCC(NCCC)c1nccs1. The van der Waals surface area contributed by atoms with E-state index in [4.69, 9.17) is 0 Å². The molecule has 3 heteroatoms. The fraction of sp³-hybridized carbons (Fsp3) is 0.769. The molecule has 1 heterocycles. The van der Waals surface area contributed by atoms with Crippen molar-refractivity contribution in [3.63, 3.8) is 0 Å². The van der Waals surface area contributed by atoms with Crippen LogP contribution >= 0.6 is 11.3 Å². The van der Waals surface area contributed by atoms with Crippen LogP contribution in [0.15, 0.2) is 11.6 Å². The van der Waals surface area contributed by atoms with Gasteiger partial charge in [0.25, 0.3) is 0 Å². The number of aromatic nitrogens is 1. The van der Waals surface area contributed by atoms with Crippen molar-refractivity contribution in [2.75, 3.05) is 6.54 Å². The van der Waals surface area contributed by atoms with Crippen molar-refractivity contribution in [2.45, 2.75) is 58.4 Å². The molecule has 92 valence electrons. The highest BCUT2D eigenvalue weighted by Crippen LogP contribution is 2.21. The quantitative estimate of drug-likeness (QED) is 0.656. The van der Waals surface area contributed by atoms with Gasteiger partial charge in [-0.15, -0.1) is 11.3 Å². The van der Waals surface area contributed by atoms with E-state index in [1.165, 1.54) is 43.5 Å². The Morgan fingerprint density at radius 1 is 1.25 bits per heavy atom. The van der Waals surface area contributed by atoms with E-state index >= 15 is 0 Å². The Hall–Kier alpha value is -0.410. The number of hydrogen-bond acceptors (Lipinski definition) is 3. The average Bonchev–Trinajstić information content (AvgIpc) is 2.82. The standard InChI is InChI=1S/C13H24N2S/c1-3-5-6-7-8-12(14-9-4-2)13-15-10-11-16-13/h10-12,14H,3-9H2,1-2H3. The van der Waals surface area contributed by atoms with Gasteiger partial charge in [-0.2, -0.15) is 0 Å². The molecular weight excluding hydrogens is 216 g/mol. The van der Waals surface area contributed by atoms with Gasteiger partial charge in [-0.05, 0) is 19.4 Å². The Bertz CT molecular complexity index is 246. The molecule has 16 heavy (non-hydrogen) atoms. The summed E-state index contributed by atoms with van der Waals surface area (Å²) in [5, 5.41) is 6.92. The molecule has 0 amide bonds. The predicted molar refractivity (Wildman–Crippen MR) is 71.9 cm³/mol. The lowest BCUT2D eigenvalue weighted by Crippen LogP contribution is -2.21. The van der Waals surface area contributed by atoms with E-state index in [0.29, 0.717) is 6.04 Å². The van der Waals surface area contributed by atoms with Crippen LogP contribution in [0.3, 0.4) is 0 Å². The van der Waals surface area contributed by atoms with Crippen molar-refractivity contribution in [3.8, 4) is 0 Å². The van der Waals surface area contributed by atoms with Gasteiger partial charge in [-0.25, -0.2) is 4.98 Å². The highest BCUT2D eigenvalue weighted by Gasteiger charge is 2.12. The second-order valence-corrected chi connectivity index (χ2v) is 5.15. The van der Waals surface area contributed by atoms with Crippen molar-refractivity contribution < 1.29 is 0 Å². The fourth-order valence-corrected chi connectivity index (χ4v) is 2.56. The summed E-state index contributed by atoms with van der Waals surface area (Å²) in [5.74, 6) is 0. The Morgan fingerprint density at radius 2 is 2.12 bits per heavy atom. The second-order valence-electron chi connectivity index (χ2n) is 4.23. The Morgan fingerprint density at radius 3 is 2.75 bits per heavy atom. The number of nitrogens with zero attached hydrogens (tertiary/aromatic N) is 1. The lowest BCUT2D eigenvalue weighted by Gasteiger charge is -2.15. The molecule has 1 atom stereocenters. The Labute approximate surface area is 103 Å². The maximum atomic E-state index is 4.42. The number of hydrogen-bond donors (Lipinski definition) is 1. The number of rotatable bonds is 9. The summed E-state index contributed by atoms with van der Waals surface area (Å²) in [7, 11) is 0. The number of unbranched alkanes of at least 4 members (excludes halogenated alkanes) is 3. The first-order chi connectivity index (χ1) is 7.88. The molecule has 0 radical (unpaired) electrons. The molecule has 0 aliphatic heterocycles. The van der Waals surface area contributed by atoms with Gasteiger partial charge in [0.05, 0.1) is 6.04 Å². The molecule has 0 spiro atoms. The summed E-state index contributed by atoms with van der Waals surface area (Å²) >= 11 is 1.77. The van der Waals surface area contributed by atoms with E-state index in [0.717, 1.165) is 6.54 Å². The summed E-state index contributed by atoms with van der Waals surface area (Å²) in [4.78, 5) is 4.42. The van der Waals surface area contributed by atoms with E-state index in [9.17, 15) is 0 Å². The van der Waals surface area contributed by atoms with E-state index < -0.39 is 0 Å². The number of nitrogens with one attached hydrogen (secondary N) is 1. The largest absolute Gasteiger partial charge is 0.308 e. The molecule has 0 saturated heterocycles. The highest BCUT2D eigenvalue weighted by atomic mass is 32.1. The number of thiazole rings is 1. The van der Waals surface area contributed by atoms with Crippen LogP contribution in [-0.2, 0) is 0 Å². The maximum absolute atomic E-state index is 4.42. The van der Waals surface area contributed by atoms with Gasteiger partial charge in [-0.1, -0.05) is 39.5 Å². The molecule has 0 bridgehead atoms. The zero-order valence-corrected chi connectivity index (χ0v) is 11.4. The van der Waals surface area contributed by atoms with E-state index in [1.54, 1.807) is 11.3 Å². The third-order valence-corrected chi connectivity index (χ3v) is 3.63. The Balaban J connectivity index is 2.32. The minimum atomic E-state index is 0.483. The zero-order valence-electron chi connectivity index (χ0n) is 10.5. The minimum absolute atomic E-state index is 0.483. The molecule has 0 aliphatic carbocycles. The van der Waals surface area contributed by atoms with Crippen molar-refractivity contribution in [3.05, 3.63) is 16.6 Å². The third kappa shape index (κ3) is 5.08. The zero-order chi connectivity index (χ0) is 11.6. The predicted octanol–water partition coefficient (Wildman–Crippen LogP) is 4.15. The van der Waals surface area contributed by atoms with Crippen molar-refractivity contribution in [1.82, 2.24) is 10.3 Å². The van der Waals surface area contributed by atoms with Gasteiger partial charge in [-0.3, -0.25) is 0 Å². The summed E-state index contributed by atoms with van der Waals surface area (Å²) in [6, 6.07) is 0.483. The van der Waals surface area contributed by atoms with Gasteiger partial charge in [0.2, 0.25) is 0 Å². The molecule has 0 saturated carbocycles. The van der Waals surface area contributed by atoms with Crippen molar-refractivity contribution in [2.24, 2.45) is 0 Å². The molecule has 1 N–H and O–H groups in total. The normalized spacial score (nSPS) is 12.9. The topological polar surface area (TPSA) is 24.9 Å². The molecule has 1 aromatic heterocycles. The van der Waals surface area contributed by atoms with Crippen LogP contribution in [0.25, 0.3) is 0 Å². The fourth-order valence-electron chi connectivity index (χ4n) is 1.81. The summed E-state index contributed by atoms with van der Waals surface area (Å²) in [5.41, 5.74) is 0. The monoisotopic (exact) mass is 240 g/mol. The van der Waals surface area contributed by atoms with Crippen LogP contribution in [0.1, 0.15) is 63.4 Å². The second kappa shape index (κ2) is 8.71. The van der Waals surface area contributed by atoms with Crippen LogP contribution in [0, 0.1) is 0 Å². The van der Waals surface area contributed by atoms with Gasteiger partial charge >= 0.3 is 0 Å². The smallest absolute Gasteiger partial charge is 0.109 e. The first-order valence-electron chi connectivity index (χ1n) is 6.51. The molecule has 2 nitrogen and oxygen atoms in total. The summed E-state index contributed by atoms with van der Waals surface area (Å²) in [6.07, 6.45) is 9.67. The lowest BCUT2D eigenvalue weighted by molar-refractivity contribution is 0.469. The first kappa shape index (κ1) is 13.7. The Kier molecular flexibility index (Phi) is 7.43. The molecule has 0 fully saturated rings. The molecule has 1 rings (SSSR count). The highest BCUT2D eigenvalue weighted by molar-refractivity contribution is 7.09. The van der Waals surface area contributed by atoms with Gasteiger partial charge in [0, 0.05) is 11.6 Å². The molecule has 0 aliphatic rings. The van der Waals surface area contributed by atoms with Gasteiger partial charge < -0.3 is 5.32 Å². The van der Waals surface area contributed by atoms with Crippen molar-refractivity contribution in [1.29, 1.82) is 0 Å².